The Labute approximate surface area is 78.3 Å². The fourth-order valence-corrected chi connectivity index (χ4v) is 1.40. The lowest BCUT2D eigenvalue weighted by Crippen LogP contribution is -1.92. The van der Waals surface area contributed by atoms with Gasteiger partial charge in [-0.25, -0.2) is 0 Å². The number of aryl methyl sites for hydroxylation is 1. The summed E-state index contributed by atoms with van der Waals surface area (Å²) in [7, 11) is 0. The van der Waals surface area contributed by atoms with Crippen molar-refractivity contribution in [1.29, 1.82) is 0 Å². The maximum absolute atomic E-state index is 5.23. The Kier molecular flexibility index (Phi) is 2.17. The SMILES string of the molecule is Cc1cccc(C2=COCC=C2)c1. The second kappa shape index (κ2) is 3.48. The lowest BCUT2D eigenvalue weighted by molar-refractivity contribution is 0.288. The number of benzene rings is 1. The van der Waals surface area contributed by atoms with E-state index >= 15 is 0 Å². The van der Waals surface area contributed by atoms with Crippen LogP contribution in [0.1, 0.15) is 11.1 Å². The van der Waals surface area contributed by atoms with Gasteiger partial charge in [0.15, 0.2) is 0 Å². The molecule has 0 fully saturated rings. The largest absolute Gasteiger partial charge is 0.496 e. The summed E-state index contributed by atoms with van der Waals surface area (Å²) < 4.78 is 5.23. The smallest absolute Gasteiger partial charge is 0.106 e. The summed E-state index contributed by atoms with van der Waals surface area (Å²) in [6.07, 6.45) is 5.94. The topological polar surface area (TPSA) is 9.23 Å². The molecule has 0 unspecified atom stereocenters. The Morgan fingerprint density at radius 2 is 2.23 bits per heavy atom. The van der Waals surface area contributed by atoms with Crippen molar-refractivity contribution in [2.24, 2.45) is 0 Å². The second-order valence-corrected chi connectivity index (χ2v) is 3.18. The second-order valence-electron chi connectivity index (χ2n) is 3.18. The Balaban J connectivity index is 2.35. The number of hydrogen-bond acceptors (Lipinski definition) is 1. The van der Waals surface area contributed by atoms with Crippen molar-refractivity contribution in [3.63, 3.8) is 0 Å². The average molecular weight is 172 g/mol. The summed E-state index contributed by atoms with van der Waals surface area (Å²) in [5.41, 5.74) is 3.64. The van der Waals surface area contributed by atoms with Gasteiger partial charge in [-0.1, -0.05) is 35.9 Å². The van der Waals surface area contributed by atoms with E-state index in [-0.39, 0.29) is 0 Å². The monoisotopic (exact) mass is 172 g/mol. The van der Waals surface area contributed by atoms with E-state index in [9.17, 15) is 0 Å². The summed E-state index contributed by atoms with van der Waals surface area (Å²) in [5, 5.41) is 0. The minimum atomic E-state index is 0.690. The Hall–Kier alpha value is -1.50. The van der Waals surface area contributed by atoms with Crippen molar-refractivity contribution in [1.82, 2.24) is 0 Å². The molecule has 13 heavy (non-hydrogen) atoms. The molecule has 0 radical (unpaired) electrons. The van der Waals surface area contributed by atoms with E-state index in [1.165, 1.54) is 11.1 Å². The number of rotatable bonds is 1. The molecule has 1 aliphatic rings. The molecule has 0 aromatic heterocycles. The van der Waals surface area contributed by atoms with Gasteiger partial charge in [-0.05, 0) is 18.6 Å². The van der Waals surface area contributed by atoms with Gasteiger partial charge in [0.25, 0.3) is 0 Å². The molecule has 66 valence electrons. The van der Waals surface area contributed by atoms with E-state index in [1.54, 1.807) is 0 Å². The predicted molar refractivity (Wildman–Crippen MR) is 54.2 cm³/mol. The molecule has 0 N–H and O–H groups in total. The standard InChI is InChI=1S/C12H12O/c1-10-4-2-5-11(8-10)12-6-3-7-13-9-12/h2-6,8-9H,7H2,1H3. The predicted octanol–water partition coefficient (Wildman–Crippen LogP) is 2.92. The van der Waals surface area contributed by atoms with Crippen molar-refractivity contribution in [3.05, 3.63) is 53.8 Å². The molecule has 2 rings (SSSR count). The highest BCUT2D eigenvalue weighted by Gasteiger charge is 2.00. The molecule has 0 atom stereocenters. The number of hydrogen-bond donors (Lipinski definition) is 0. The first-order valence-corrected chi connectivity index (χ1v) is 4.41. The molecule has 0 spiro atoms. The fraction of sp³-hybridized carbons (Fsp3) is 0.167. The zero-order chi connectivity index (χ0) is 9.10. The minimum absolute atomic E-state index is 0.690. The lowest BCUT2D eigenvalue weighted by Gasteiger charge is -2.08. The highest BCUT2D eigenvalue weighted by Crippen LogP contribution is 2.19. The summed E-state index contributed by atoms with van der Waals surface area (Å²) in [6.45, 7) is 2.78. The molecular formula is C12H12O. The Bertz CT molecular complexity index is 361. The maximum atomic E-state index is 5.23. The number of allylic oxidation sites excluding steroid dienone is 2. The van der Waals surface area contributed by atoms with Crippen molar-refractivity contribution in [2.75, 3.05) is 6.61 Å². The summed E-state index contributed by atoms with van der Waals surface area (Å²) in [4.78, 5) is 0. The first kappa shape index (κ1) is 8.11. The quantitative estimate of drug-likeness (QED) is 0.632. The molecular weight excluding hydrogens is 160 g/mol. The Morgan fingerprint density at radius 3 is 2.92 bits per heavy atom. The van der Waals surface area contributed by atoms with Crippen molar-refractivity contribution in [2.45, 2.75) is 6.92 Å². The van der Waals surface area contributed by atoms with E-state index in [0.29, 0.717) is 6.61 Å². The summed E-state index contributed by atoms with van der Waals surface area (Å²) in [5.74, 6) is 0. The van der Waals surface area contributed by atoms with E-state index in [1.807, 2.05) is 12.3 Å². The average Bonchev–Trinajstić information content (AvgIpc) is 2.19. The Morgan fingerprint density at radius 1 is 1.31 bits per heavy atom. The maximum Gasteiger partial charge on any atom is 0.106 e. The van der Waals surface area contributed by atoms with Gasteiger partial charge in [0, 0.05) is 5.57 Å². The van der Waals surface area contributed by atoms with Gasteiger partial charge < -0.3 is 4.74 Å². The molecule has 1 nitrogen and oxygen atoms in total. The normalized spacial score (nSPS) is 15.0. The van der Waals surface area contributed by atoms with Crippen LogP contribution < -0.4 is 0 Å². The molecule has 1 aliphatic heterocycles. The molecule has 0 aliphatic carbocycles. The molecule has 1 heterocycles. The van der Waals surface area contributed by atoms with Crippen LogP contribution in [0.3, 0.4) is 0 Å². The van der Waals surface area contributed by atoms with Crippen LogP contribution in [0.4, 0.5) is 0 Å². The van der Waals surface area contributed by atoms with Crippen LogP contribution in [0.15, 0.2) is 42.7 Å². The van der Waals surface area contributed by atoms with E-state index in [4.69, 9.17) is 4.74 Å². The summed E-state index contributed by atoms with van der Waals surface area (Å²) in [6, 6.07) is 8.41. The van der Waals surface area contributed by atoms with Gasteiger partial charge in [-0.3, -0.25) is 0 Å². The minimum Gasteiger partial charge on any atom is -0.496 e. The molecule has 0 bridgehead atoms. The van der Waals surface area contributed by atoms with Crippen molar-refractivity contribution in [3.8, 4) is 0 Å². The first-order valence-electron chi connectivity index (χ1n) is 4.41. The van der Waals surface area contributed by atoms with Crippen LogP contribution >= 0.6 is 0 Å². The third-order valence-corrected chi connectivity index (χ3v) is 2.05. The van der Waals surface area contributed by atoms with Gasteiger partial charge in [0.2, 0.25) is 0 Å². The number of ether oxygens (including phenoxy) is 1. The van der Waals surface area contributed by atoms with Gasteiger partial charge in [-0.2, -0.15) is 0 Å². The van der Waals surface area contributed by atoms with Crippen LogP contribution in [0, 0.1) is 6.92 Å². The fourth-order valence-electron chi connectivity index (χ4n) is 1.40. The first-order chi connectivity index (χ1) is 6.36. The van der Waals surface area contributed by atoms with Gasteiger partial charge >= 0.3 is 0 Å². The summed E-state index contributed by atoms with van der Waals surface area (Å²) >= 11 is 0. The van der Waals surface area contributed by atoms with Crippen LogP contribution in [0.2, 0.25) is 0 Å². The van der Waals surface area contributed by atoms with Crippen LogP contribution in [0.5, 0.6) is 0 Å². The van der Waals surface area contributed by atoms with Crippen LogP contribution in [-0.2, 0) is 4.74 Å². The molecule has 0 amide bonds. The third kappa shape index (κ3) is 1.81. The van der Waals surface area contributed by atoms with E-state index in [2.05, 4.69) is 37.3 Å². The highest BCUT2D eigenvalue weighted by atomic mass is 16.5. The van der Waals surface area contributed by atoms with E-state index < -0.39 is 0 Å². The molecule has 0 saturated carbocycles. The van der Waals surface area contributed by atoms with E-state index in [0.717, 1.165) is 5.57 Å². The lowest BCUT2D eigenvalue weighted by atomic mass is 10.0. The molecule has 0 saturated heterocycles. The zero-order valence-corrected chi connectivity index (χ0v) is 7.66. The van der Waals surface area contributed by atoms with Gasteiger partial charge in [0.1, 0.15) is 6.61 Å². The van der Waals surface area contributed by atoms with Crippen LogP contribution in [-0.4, -0.2) is 6.61 Å². The third-order valence-electron chi connectivity index (χ3n) is 2.05. The van der Waals surface area contributed by atoms with Crippen molar-refractivity contribution >= 4 is 5.57 Å². The van der Waals surface area contributed by atoms with Crippen LogP contribution in [0.25, 0.3) is 5.57 Å². The van der Waals surface area contributed by atoms with Gasteiger partial charge in [0.05, 0.1) is 6.26 Å². The highest BCUT2D eigenvalue weighted by molar-refractivity contribution is 5.74. The zero-order valence-electron chi connectivity index (χ0n) is 7.66. The molecule has 1 aromatic rings. The van der Waals surface area contributed by atoms with Crippen molar-refractivity contribution < 1.29 is 4.74 Å². The molecule has 1 aromatic carbocycles. The molecule has 1 heteroatoms. The van der Waals surface area contributed by atoms with Gasteiger partial charge in [-0.15, -0.1) is 0 Å².